The van der Waals surface area contributed by atoms with E-state index in [4.69, 9.17) is 9.26 Å². The highest BCUT2D eigenvalue weighted by Gasteiger charge is 2.20. The highest BCUT2D eigenvalue weighted by atomic mass is 127. The van der Waals surface area contributed by atoms with Gasteiger partial charge in [-0.25, -0.2) is 4.99 Å². The van der Waals surface area contributed by atoms with Gasteiger partial charge in [-0.1, -0.05) is 5.16 Å². The lowest BCUT2D eigenvalue weighted by Crippen LogP contribution is -2.52. The largest absolute Gasteiger partial charge is 0.383 e. The number of aromatic nitrogens is 1. The molecule has 0 radical (unpaired) electrons. The predicted molar refractivity (Wildman–Crippen MR) is 110 cm³/mol. The Bertz CT molecular complexity index is 544. The van der Waals surface area contributed by atoms with Gasteiger partial charge in [0, 0.05) is 66.5 Å². The van der Waals surface area contributed by atoms with Crippen LogP contribution in [0, 0.1) is 0 Å². The molecule has 1 saturated heterocycles. The Kier molecular flexibility index (Phi) is 10.5. The first-order valence-corrected chi connectivity index (χ1v) is 8.44. The van der Waals surface area contributed by atoms with Gasteiger partial charge < -0.3 is 24.4 Å². The van der Waals surface area contributed by atoms with E-state index in [1.807, 2.05) is 6.07 Å². The monoisotopic (exact) mass is 480 g/mol. The van der Waals surface area contributed by atoms with E-state index < -0.39 is 0 Å². The molecule has 26 heavy (non-hydrogen) atoms. The van der Waals surface area contributed by atoms with Crippen LogP contribution in [0.3, 0.4) is 0 Å². The van der Waals surface area contributed by atoms with Gasteiger partial charge in [0.25, 0.3) is 0 Å². The molecule has 10 heteroatoms. The highest BCUT2D eigenvalue weighted by Crippen LogP contribution is 2.07. The number of methoxy groups -OCH3 is 1. The fourth-order valence-corrected chi connectivity index (χ4v) is 2.48. The molecule has 1 aliphatic rings. The first-order chi connectivity index (χ1) is 12.1. The first-order valence-electron chi connectivity index (χ1n) is 8.44. The van der Waals surface area contributed by atoms with Crippen molar-refractivity contribution < 1.29 is 14.1 Å². The van der Waals surface area contributed by atoms with Crippen LogP contribution < -0.4 is 5.32 Å². The Labute approximate surface area is 171 Å². The second-order valence-corrected chi connectivity index (χ2v) is 6.10. The fourth-order valence-electron chi connectivity index (χ4n) is 2.48. The van der Waals surface area contributed by atoms with Crippen molar-refractivity contribution in [3.8, 4) is 0 Å². The molecule has 2 heterocycles. The zero-order chi connectivity index (χ0) is 18.1. The van der Waals surface area contributed by atoms with Gasteiger partial charge in [0.1, 0.15) is 12.8 Å². The van der Waals surface area contributed by atoms with Gasteiger partial charge >= 0.3 is 0 Å². The standard InChI is InChI=1S/C16H28N6O3.HI/c1-20(2)15(23)12-18-16(17-5-11-24-3)22-8-6-21(7-9-22)13-14-4-10-25-19-14;/h4,10H,5-9,11-13H2,1-3H3,(H,17,18);1H. The van der Waals surface area contributed by atoms with Crippen LogP contribution in [-0.2, 0) is 16.1 Å². The summed E-state index contributed by atoms with van der Waals surface area (Å²) in [6, 6.07) is 1.89. The minimum Gasteiger partial charge on any atom is -0.383 e. The maximum absolute atomic E-state index is 11.8. The lowest BCUT2D eigenvalue weighted by atomic mass is 10.3. The van der Waals surface area contributed by atoms with Gasteiger partial charge in [0.2, 0.25) is 5.91 Å². The molecule has 1 aromatic heterocycles. The van der Waals surface area contributed by atoms with E-state index in [1.165, 1.54) is 0 Å². The molecule has 1 fully saturated rings. The number of halogens is 1. The number of piperazine rings is 1. The van der Waals surface area contributed by atoms with E-state index in [-0.39, 0.29) is 36.4 Å². The fraction of sp³-hybridized carbons (Fsp3) is 0.688. The van der Waals surface area contributed by atoms with Gasteiger partial charge in [0.15, 0.2) is 5.96 Å². The van der Waals surface area contributed by atoms with E-state index in [1.54, 1.807) is 32.4 Å². The molecule has 0 aromatic carbocycles. The van der Waals surface area contributed by atoms with Crippen LogP contribution in [0.4, 0.5) is 0 Å². The van der Waals surface area contributed by atoms with Crippen LogP contribution in [0.2, 0.25) is 0 Å². The number of guanidine groups is 1. The normalized spacial score (nSPS) is 15.5. The molecule has 0 spiro atoms. The maximum atomic E-state index is 11.8. The quantitative estimate of drug-likeness (QED) is 0.256. The van der Waals surface area contributed by atoms with Crippen molar-refractivity contribution in [2.75, 3.05) is 67.1 Å². The van der Waals surface area contributed by atoms with Gasteiger partial charge in [-0.2, -0.15) is 0 Å². The minimum atomic E-state index is -0.0179. The van der Waals surface area contributed by atoms with Gasteiger partial charge in [-0.05, 0) is 0 Å². The number of carbonyl (C=O) groups is 1. The predicted octanol–water partition coefficient (Wildman–Crippen LogP) is 0.0904. The molecule has 9 nitrogen and oxygen atoms in total. The van der Waals surface area contributed by atoms with Crippen LogP contribution in [0.25, 0.3) is 0 Å². The summed E-state index contributed by atoms with van der Waals surface area (Å²) < 4.78 is 9.96. The summed E-state index contributed by atoms with van der Waals surface area (Å²) in [7, 11) is 5.13. The molecular formula is C16H29IN6O3. The van der Waals surface area contributed by atoms with E-state index in [9.17, 15) is 4.79 Å². The topological polar surface area (TPSA) is 86.4 Å². The van der Waals surface area contributed by atoms with Crippen molar-refractivity contribution in [2.24, 2.45) is 4.99 Å². The lowest BCUT2D eigenvalue weighted by molar-refractivity contribution is -0.127. The second kappa shape index (κ2) is 12.1. The summed E-state index contributed by atoms with van der Waals surface area (Å²) in [6.07, 6.45) is 1.60. The van der Waals surface area contributed by atoms with Crippen LogP contribution in [0.5, 0.6) is 0 Å². The minimum absolute atomic E-state index is 0. The van der Waals surface area contributed by atoms with E-state index in [0.717, 1.165) is 44.4 Å². The summed E-state index contributed by atoms with van der Waals surface area (Å²) in [5.74, 6) is 0.740. The number of nitrogens with one attached hydrogen (secondary N) is 1. The molecule has 0 atom stereocenters. The lowest BCUT2D eigenvalue weighted by Gasteiger charge is -2.36. The van der Waals surface area contributed by atoms with Gasteiger partial charge in [0.05, 0.1) is 12.3 Å². The smallest absolute Gasteiger partial charge is 0.243 e. The van der Waals surface area contributed by atoms with Crippen molar-refractivity contribution in [3.63, 3.8) is 0 Å². The number of carbonyl (C=O) groups excluding carboxylic acids is 1. The Morgan fingerprint density at radius 2 is 2.12 bits per heavy atom. The first kappa shape index (κ1) is 22.6. The highest BCUT2D eigenvalue weighted by molar-refractivity contribution is 14.0. The summed E-state index contributed by atoms with van der Waals surface area (Å²) in [6.45, 7) is 5.66. The molecule has 2 rings (SSSR count). The van der Waals surface area contributed by atoms with Crippen LogP contribution in [0.1, 0.15) is 5.69 Å². The van der Waals surface area contributed by atoms with Crippen molar-refractivity contribution in [2.45, 2.75) is 6.54 Å². The van der Waals surface area contributed by atoms with Crippen molar-refractivity contribution in [3.05, 3.63) is 18.0 Å². The molecule has 1 N–H and O–H groups in total. The van der Waals surface area contributed by atoms with E-state index in [0.29, 0.717) is 13.2 Å². The number of hydrogen-bond acceptors (Lipinski definition) is 6. The van der Waals surface area contributed by atoms with Gasteiger partial charge in [-0.3, -0.25) is 9.69 Å². The number of nitrogens with zero attached hydrogens (tertiary/aromatic N) is 5. The third-order valence-corrected chi connectivity index (χ3v) is 4.00. The molecular weight excluding hydrogens is 451 g/mol. The molecule has 0 aliphatic carbocycles. The zero-order valence-corrected chi connectivity index (χ0v) is 18.0. The number of ether oxygens (including phenoxy) is 1. The summed E-state index contributed by atoms with van der Waals surface area (Å²) in [5, 5.41) is 7.24. The molecule has 0 unspecified atom stereocenters. The van der Waals surface area contributed by atoms with E-state index in [2.05, 4.69) is 25.3 Å². The number of likely N-dealkylation sites (N-methyl/N-ethyl adjacent to an activating group) is 1. The SMILES string of the molecule is COCCNC(=NCC(=O)N(C)C)N1CCN(Cc2ccon2)CC1.I. The molecule has 1 amide bonds. The maximum Gasteiger partial charge on any atom is 0.243 e. The number of aliphatic imine (C=N–C) groups is 1. The Hall–Kier alpha value is -1.40. The van der Waals surface area contributed by atoms with Crippen LogP contribution in [0.15, 0.2) is 21.8 Å². The van der Waals surface area contributed by atoms with E-state index >= 15 is 0 Å². The summed E-state index contributed by atoms with van der Waals surface area (Å²) in [5.41, 5.74) is 0.942. The second-order valence-electron chi connectivity index (χ2n) is 6.10. The molecule has 1 aromatic rings. The average Bonchev–Trinajstić information content (AvgIpc) is 3.11. The molecule has 0 bridgehead atoms. The van der Waals surface area contributed by atoms with Crippen molar-refractivity contribution >= 4 is 35.8 Å². The Morgan fingerprint density at radius 3 is 2.69 bits per heavy atom. The number of amides is 1. The van der Waals surface area contributed by atoms with Crippen LogP contribution >= 0.6 is 24.0 Å². The van der Waals surface area contributed by atoms with Crippen molar-refractivity contribution in [1.82, 2.24) is 25.2 Å². The average molecular weight is 480 g/mol. The Balaban J connectivity index is 0.00000338. The number of rotatable bonds is 7. The van der Waals surface area contributed by atoms with Crippen LogP contribution in [-0.4, -0.2) is 98.8 Å². The number of hydrogen-bond donors (Lipinski definition) is 1. The molecule has 0 saturated carbocycles. The zero-order valence-electron chi connectivity index (χ0n) is 15.7. The third kappa shape index (κ3) is 7.46. The molecule has 148 valence electrons. The van der Waals surface area contributed by atoms with Crippen molar-refractivity contribution in [1.29, 1.82) is 0 Å². The van der Waals surface area contributed by atoms with Gasteiger partial charge in [-0.15, -0.1) is 24.0 Å². The Morgan fingerprint density at radius 1 is 1.38 bits per heavy atom. The molecule has 1 aliphatic heterocycles. The summed E-state index contributed by atoms with van der Waals surface area (Å²) >= 11 is 0. The summed E-state index contributed by atoms with van der Waals surface area (Å²) in [4.78, 5) is 22.3. The third-order valence-electron chi connectivity index (χ3n) is 4.00.